The van der Waals surface area contributed by atoms with Gasteiger partial charge in [-0.15, -0.1) is 0 Å². The van der Waals surface area contributed by atoms with Crippen LogP contribution in [0.3, 0.4) is 0 Å². The fourth-order valence-electron chi connectivity index (χ4n) is 0.508. The van der Waals surface area contributed by atoms with E-state index in [4.69, 9.17) is 0 Å². The molecule has 0 aliphatic rings. The minimum Gasteiger partial charge on any atom is -0.293 e. The predicted molar refractivity (Wildman–Crippen MR) is 46.8 cm³/mol. The van der Waals surface area contributed by atoms with E-state index in [9.17, 15) is 9.59 Å². The van der Waals surface area contributed by atoms with Crippen molar-refractivity contribution in [3.63, 3.8) is 0 Å². The van der Waals surface area contributed by atoms with Gasteiger partial charge < -0.3 is 0 Å². The molecule has 1 N–H and O–H groups in total. The van der Waals surface area contributed by atoms with E-state index < -0.39 is 0 Å². The molecular formula is C8H14N2O2. The molecule has 4 nitrogen and oxygen atoms in total. The standard InChI is InChI=1S/C8H14N2O2/c1-4-5-8(12)10-9-6(2)7(3)11/h4-5H2,1-3H3,(H,10,12)/b9-6-. The van der Waals surface area contributed by atoms with Crippen molar-refractivity contribution in [2.45, 2.75) is 33.6 Å². The van der Waals surface area contributed by atoms with Crippen molar-refractivity contribution in [1.82, 2.24) is 5.43 Å². The average molecular weight is 170 g/mol. The van der Waals surface area contributed by atoms with Crippen molar-refractivity contribution in [2.24, 2.45) is 5.10 Å². The molecule has 4 heteroatoms. The van der Waals surface area contributed by atoms with Crippen LogP contribution in [0.2, 0.25) is 0 Å². The predicted octanol–water partition coefficient (Wildman–Crippen LogP) is 0.868. The highest BCUT2D eigenvalue weighted by Crippen LogP contribution is 1.85. The van der Waals surface area contributed by atoms with Gasteiger partial charge in [0.15, 0.2) is 5.78 Å². The molecule has 68 valence electrons. The van der Waals surface area contributed by atoms with Crippen LogP contribution in [-0.4, -0.2) is 17.4 Å². The Morgan fingerprint density at radius 2 is 1.92 bits per heavy atom. The van der Waals surface area contributed by atoms with Gasteiger partial charge in [-0.3, -0.25) is 9.59 Å². The largest absolute Gasteiger partial charge is 0.293 e. The molecule has 0 saturated heterocycles. The zero-order valence-electron chi connectivity index (χ0n) is 7.68. The van der Waals surface area contributed by atoms with Gasteiger partial charge in [0.1, 0.15) is 5.71 Å². The van der Waals surface area contributed by atoms with Gasteiger partial charge in [0.25, 0.3) is 0 Å². The Morgan fingerprint density at radius 3 is 2.33 bits per heavy atom. The van der Waals surface area contributed by atoms with Crippen LogP contribution in [-0.2, 0) is 9.59 Å². The second kappa shape index (κ2) is 5.46. The monoisotopic (exact) mass is 170 g/mol. The summed E-state index contributed by atoms with van der Waals surface area (Å²) in [4.78, 5) is 21.5. The lowest BCUT2D eigenvalue weighted by atomic mass is 10.3. The average Bonchev–Trinajstić information content (AvgIpc) is 2.00. The first kappa shape index (κ1) is 10.8. The summed E-state index contributed by atoms with van der Waals surface area (Å²) in [6.07, 6.45) is 1.22. The van der Waals surface area contributed by atoms with E-state index in [1.165, 1.54) is 6.92 Å². The van der Waals surface area contributed by atoms with Gasteiger partial charge in [-0.25, -0.2) is 5.43 Å². The molecule has 0 aromatic rings. The number of carbonyl (C=O) groups excluding carboxylic acids is 2. The number of hydrogen-bond donors (Lipinski definition) is 1. The van der Waals surface area contributed by atoms with Crippen LogP contribution < -0.4 is 5.43 Å². The summed E-state index contributed by atoms with van der Waals surface area (Å²) in [5, 5.41) is 3.61. The molecule has 0 fully saturated rings. The first-order valence-corrected chi connectivity index (χ1v) is 3.92. The highest BCUT2D eigenvalue weighted by Gasteiger charge is 1.99. The highest BCUT2D eigenvalue weighted by molar-refractivity contribution is 6.38. The molecular weight excluding hydrogens is 156 g/mol. The molecule has 0 bridgehead atoms. The van der Waals surface area contributed by atoms with Gasteiger partial charge in [0, 0.05) is 13.3 Å². The van der Waals surface area contributed by atoms with Crippen molar-refractivity contribution in [3.05, 3.63) is 0 Å². The Bertz CT molecular complexity index is 209. The number of rotatable bonds is 4. The Balaban J connectivity index is 3.87. The van der Waals surface area contributed by atoms with Crippen LogP contribution in [0.25, 0.3) is 0 Å². The molecule has 1 amide bonds. The maximum atomic E-state index is 10.8. The molecule has 12 heavy (non-hydrogen) atoms. The second-order valence-corrected chi connectivity index (χ2v) is 2.54. The van der Waals surface area contributed by atoms with E-state index in [2.05, 4.69) is 10.5 Å². The number of Topliss-reactive ketones (excluding diaryl/α,β-unsaturated/α-hetero) is 1. The number of nitrogens with one attached hydrogen (secondary N) is 1. The van der Waals surface area contributed by atoms with E-state index >= 15 is 0 Å². The number of nitrogens with zero attached hydrogens (tertiary/aromatic N) is 1. The van der Waals surface area contributed by atoms with E-state index in [-0.39, 0.29) is 11.7 Å². The summed E-state index contributed by atoms with van der Waals surface area (Å²) in [5.74, 6) is -0.287. The smallest absolute Gasteiger partial charge is 0.240 e. The fourth-order valence-corrected chi connectivity index (χ4v) is 0.508. The zero-order chi connectivity index (χ0) is 9.56. The van der Waals surface area contributed by atoms with Crippen molar-refractivity contribution in [2.75, 3.05) is 0 Å². The molecule has 0 unspecified atom stereocenters. The Morgan fingerprint density at radius 1 is 1.33 bits per heavy atom. The molecule has 0 heterocycles. The number of amides is 1. The van der Waals surface area contributed by atoms with Crippen molar-refractivity contribution in [3.8, 4) is 0 Å². The number of hydrogen-bond acceptors (Lipinski definition) is 3. The highest BCUT2D eigenvalue weighted by atomic mass is 16.2. The fraction of sp³-hybridized carbons (Fsp3) is 0.625. The third-order valence-electron chi connectivity index (χ3n) is 1.33. The lowest BCUT2D eigenvalue weighted by Gasteiger charge is -1.97. The van der Waals surface area contributed by atoms with Crippen molar-refractivity contribution < 1.29 is 9.59 Å². The van der Waals surface area contributed by atoms with Gasteiger partial charge in [-0.2, -0.15) is 5.10 Å². The normalized spacial score (nSPS) is 11.1. The summed E-state index contributed by atoms with van der Waals surface area (Å²) >= 11 is 0. The molecule has 0 atom stereocenters. The maximum Gasteiger partial charge on any atom is 0.240 e. The Hall–Kier alpha value is -1.19. The van der Waals surface area contributed by atoms with Crippen LogP contribution >= 0.6 is 0 Å². The van der Waals surface area contributed by atoms with E-state index in [0.717, 1.165) is 6.42 Å². The van der Waals surface area contributed by atoms with Gasteiger partial charge in [0.2, 0.25) is 5.91 Å². The molecule has 0 saturated carbocycles. The molecule has 0 rings (SSSR count). The second-order valence-electron chi connectivity index (χ2n) is 2.54. The van der Waals surface area contributed by atoms with E-state index in [0.29, 0.717) is 12.1 Å². The quantitative estimate of drug-likeness (QED) is 0.502. The van der Waals surface area contributed by atoms with Crippen LogP contribution in [0.15, 0.2) is 5.10 Å². The first-order valence-electron chi connectivity index (χ1n) is 3.92. The van der Waals surface area contributed by atoms with Crippen LogP contribution in [0.5, 0.6) is 0 Å². The van der Waals surface area contributed by atoms with Crippen molar-refractivity contribution in [1.29, 1.82) is 0 Å². The molecule has 0 aromatic carbocycles. The first-order chi connectivity index (χ1) is 5.57. The zero-order valence-corrected chi connectivity index (χ0v) is 7.68. The summed E-state index contributed by atoms with van der Waals surface area (Å²) in [5.41, 5.74) is 2.61. The summed E-state index contributed by atoms with van der Waals surface area (Å²) in [6.45, 7) is 4.88. The lowest BCUT2D eigenvalue weighted by Crippen LogP contribution is -2.20. The van der Waals surface area contributed by atoms with Gasteiger partial charge >= 0.3 is 0 Å². The van der Waals surface area contributed by atoms with E-state index in [1.54, 1.807) is 6.92 Å². The topological polar surface area (TPSA) is 58.5 Å². The van der Waals surface area contributed by atoms with Crippen LogP contribution in [0.4, 0.5) is 0 Å². The molecule has 0 aliphatic carbocycles. The molecule has 0 aliphatic heterocycles. The third kappa shape index (κ3) is 4.60. The van der Waals surface area contributed by atoms with E-state index in [1.807, 2.05) is 6.92 Å². The van der Waals surface area contributed by atoms with Crippen LogP contribution in [0, 0.1) is 0 Å². The summed E-state index contributed by atoms with van der Waals surface area (Å²) in [6, 6.07) is 0. The Labute approximate surface area is 72.0 Å². The molecule has 0 spiro atoms. The summed E-state index contributed by atoms with van der Waals surface area (Å²) in [7, 11) is 0. The molecule has 0 radical (unpaired) electrons. The van der Waals surface area contributed by atoms with Gasteiger partial charge in [0.05, 0.1) is 0 Å². The minimum atomic E-state index is -0.155. The number of hydrazone groups is 1. The van der Waals surface area contributed by atoms with Gasteiger partial charge in [-0.1, -0.05) is 6.92 Å². The van der Waals surface area contributed by atoms with Crippen molar-refractivity contribution >= 4 is 17.4 Å². The van der Waals surface area contributed by atoms with Gasteiger partial charge in [-0.05, 0) is 13.3 Å². The Kier molecular flexibility index (Phi) is 4.92. The number of ketones is 1. The molecule has 0 aromatic heterocycles. The number of carbonyl (C=O) groups is 2. The third-order valence-corrected chi connectivity index (χ3v) is 1.33. The minimum absolute atomic E-state index is 0.133. The summed E-state index contributed by atoms with van der Waals surface area (Å²) < 4.78 is 0. The SMILES string of the molecule is CCCC(=O)N/N=C(/C)C(C)=O. The lowest BCUT2D eigenvalue weighted by molar-refractivity contribution is -0.121. The maximum absolute atomic E-state index is 10.8. The van der Waals surface area contributed by atoms with Crippen LogP contribution in [0.1, 0.15) is 33.6 Å².